The van der Waals surface area contributed by atoms with E-state index < -0.39 is 5.91 Å². The van der Waals surface area contributed by atoms with Crippen molar-refractivity contribution in [3.63, 3.8) is 0 Å². The van der Waals surface area contributed by atoms with E-state index in [0.717, 1.165) is 12.0 Å². The molecule has 2 heterocycles. The molecule has 0 saturated carbocycles. The van der Waals surface area contributed by atoms with E-state index in [1.54, 1.807) is 6.07 Å². The van der Waals surface area contributed by atoms with Gasteiger partial charge >= 0.3 is 0 Å². The molecule has 0 aliphatic carbocycles. The summed E-state index contributed by atoms with van der Waals surface area (Å²) in [6, 6.07) is 13.5. The van der Waals surface area contributed by atoms with Crippen LogP contribution in [0.25, 0.3) is 0 Å². The van der Waals surface area contributed by atoms with Crippen molar-refractivity contribution in [3.8, 4) is 0 Å². The molecular formula is C24H27FN4O2. The number of nitrogens with zero attached hydrogens (tertiary/aromatic N) is 2. The molecule has 0 bridgehead atoms. The molecule has 1 aliphatic rings. The summed E-state index contributed by atoms with van der Waals surface area (Å²) in [5.74, 6) is -0.799. The van der Waals surface area contributed by atoms with E-state index in [1.807, 2.05) is 17.9 Å². The van der Waals surface area contributed by atoms with Gasteiger partial charge in [0.05, 0.1) is 35.9 Å². The van der Waals surface area contributed by atoms with Gasteiger partial charge in [-0.2, -0.15) is 5.10 Å². The van der Waals surface area contributed by atoms with Crippen molar-refractivity contribution in [1.29, 1.82) is 0 Å². The molecule has 4 rings (SSSR count). The van der Waals surface area contributed by atoms with Gasteiger partial charge in [-0.3, -0.25) is 9.89 Å². The van der Waals surface area contributed by atoms with Gasteiger partial charge in [0.1, 0.15) is 5.82 Å². The van der Waals surface area contributed by atoms with Gasteiger partial charge in [0.15, 0.2) is 0 Å². The van der Waals surface area contributed by atoms with Gasteiger partial charge in [0.2, 0.25) is 0 Å². The van der Waals surface area contributed by atoms with Crippen LogP contribution < -0.4 is 10.6 Å². The third-order valence-electron chi connectivity index (χ3n) is 5.68. The lowest BCUT2D eigenvalue weighted by atomic mass is 10.0. The number of nitrogens with two attached hydrogens (primary N) is 1. The van der Waals surface area contributed by atoms with Crippen molar-refractivity contribution in [1.82, 2.24) is 10.2 Å². The van der Waals surface area contributed by atoms with Gasteiger partial charge < -0.3 is 15.4 Å². The fraction of sp³-hybridized carbons (Fsp3) is 0.333. The van der Waals surface area contributed by atoms with E-state index >= 15 is 0 Å². The largest absolute Gasteiger partial charge is 0.378 e. The molecule has 0 atom stereocenters. The molecule has 0 radical (unpaired) electrons. The molecule has 0 unspecified atom stereocenters. The van der Waals surface area contributed by atoms with Gasteiger partial charge in [0.25, 0.3) is 5.91 Å². The van der Waals surface area contributed by atoms with Crippen LogP contribution in [0.1, 0.15) is 38.4 Å². The Morgan fingerprint density at radius 3 is 2.52 bits per heavy atom. The zero-order chi connectivity index (χ0) is 21.8. The predicted molar refractivity (Wildman–Crippen MR) is 118 cm³/mol. The average molecular weight is 423 g/mol. The third-order valence-corrected chi connectivity index (χ3v) is 5.68. The minimum absolute atomic E-state index is 0.279. The standard InChI is InChI=1S/C24H27FN4O2/c1-16-2-4-17(5-3-16)6-8-20-23(24(26)30)21(28-27-20)15-18-7-9-22(19(25)14-18)29-10-12-31-13-11-29/h2-5,7,9,14H,6,8,10-13,15H2,1H3,(H2,26,30)(H,27,28). The van der Waals surface area contributed by atoms with E-state index in [1.165, 1.54) is 17.2 Å². The number of rotatable bonds is 7. The Balaban J connectivity index is 1.49. The number of aryl methyl sites for hydroxylation is 3. The number of halogens is 1. The fourth-order valence-electron chi connectivity index (χ4n) is 3.96. The van der Waals surface area contributed by atoms with Crippen molar-refractivity contribution in [2.45, 2.75) is 26.2 Å². The highest BCUT2D eigenvalue weighted by Crippen LogP contribution is 2.24. The molecule has 1 fully saturated rings. The fourth-order valence-corrected chi connectivity index (χ4v) is 3.96. The molecule has 1 amide bonds. The maximum absolute atomic E-state index is 14.7. The zero-order valence-electron chi connectivity index (χ0n) is 17.7. The normalized spacial score (nSPS) is 14.1. The zero-order valence-corrected chi connectivity index (χ0v) is 17.7. The third kappa shape index (κ3) is 4.94. The Hall–Kier alpha value is -3.19. The topological polar surface area (TPSA) is 84.2 Å². The number of ether oxygens (including phenoxy) is 1. The monoisotopic (exact) mass is 422 g/mol. The Morgan fingerprint density at radius 2 is 1.84 bits per heavy atom. The van der Waals surface area contributed by atoms with Crippen LogP contribution in [0.2, 0.25) is 0 Å². The first-order chi connectivity index (χ1) is 15.0. The maximum atomic E-state index is 14.7. The van der Waals surface area contributed by atoms with Gasteiger partial charge in [0, 0.05) is 19.5 Å². The second-order valence-corrected chi connectivity index (χ2v) is 7.94. The van der Waals surface area contributed by atoms with Crippen molar-refractivity contribution in [2.75, 3.05) is 31.2 Å². The highest BCUT2D eigenvalue weighted by atomic mass is 19.1. The van der Waals surface area contributed by atoms with Crippen LogP contribution >= 0.6 is 0 Å². The number of morpholine rings is 1. The minimum atomic E-state index is -0.520. The summed E-state index contributed by atoms with van der Waals surface area (Å²) in [7, 11) is 0. The number of nitrogens with one attached hydrogen (secondary N) is 1. The molecule has 1 saturated heterocycles. The lowest BCUT2D eigenvalue weighted by molar-refractivity contribution is 0.0998. The summed E-state index contributed by atoms with van der Waals surface area (Å²) in [5.41, 5.74) is 11.0. The minimum Gasteiger partial charge on any atom is -0.378 e. The number of aromatic amines is 1. The summed E-state index contributed by atoms with van der Waals surface area (Å²) in [5, 5.41) is 7.28. The average Bonchev–Trinajstić information content (AvgIpc) is 3.17. The number of carbonyl (C=O) groups is 1. The van der Waals surface area contributed by atoms with Crippen molar-refractivity contribution < 1.29 is 13.9 Å². The lowest BCUT2D eigenvalue weighted by Gasteiger charge is -2.29. The molecular weight excluding hydrogens is 395 g/mol. The Kier molecular flexibility index (Phi) is 6.32. The lowest BCUT2D eigenvalue weighted by Crippen LogP contribution is -2.36. The summed E-state index contributed by atoms with van der Waals surface area (Å²) in [6.07, 6.45) is 1.71. The Labute approximate surface area is 181 Å². The quantitative estimate of drug-likeness (QED) is 0.613. The second kappa shape index (κ2) is 9.31. The summed E-state index contributed by atoms with van der Waals surface area (Å²) >= 11 is 0. The highest BCUT2D eigenvalue weighted by Gasteiger charge is 2.20. The summed E-state index contributed by atoms with van der Waals surface area (Å²) in [6.45, 7) is 4.59. The molecule has 0 spiro atoms. The number of hydrogen-bond donors (Lipinski definition) is 2. The molecule has 2 aromatic carbocycles. The number of benzene rings is 2. The smallest absolute Gasteiger partial charge is 0.252 e. The second-order valence-electron chi connectivity index (χ2n) is 7.94. The van der Waals surface area contributed by atoms with Crippen LogP contribution in [0.15, 0.2) is 42.5 Å². The Morgan fingerprint density at radius 1 is 1.13 bits per heavy atom. The molecule has 3 N–H and O–H groups in total. The Bertz CT molecular complexity index is 1060. The number of carbonyl (C=O) groups excluding carboxylic acids is 1. The summed E-state index contributed by atoms with van der Waals surface area (Å²) < 4.78 is 20.1. The molecule has 7 heteroatoms. The van der Waals surface area contributed by atoms with E-state index in [4.69, 9.17) is 10.5 Å². The number of primary amides is 1. The van der Waals surface area contributed by atoms with Crippen LogP contribution in [-0.4, -0.2) is 42.4 Å². The molecule has 162 valence electrons. The first kappa shape index (κ1) is 21.1. The van der Waals surface area contributed by atoms with Crippen LogP contribution in [0.5, 0.6) is 0 Å². The highest BCUT2D eigenvalue weighted by molar-refractivity contribution is 5.95. The van der Waals surface area contributed by atoms with Gasteiger partial charge in [-0.1, -0.05) is 35.9 Å². The van der Waals surface area contributed by atoms with Crippen molar-refractivity contribution in [2.24, 2.45) is 5.73 Å². The van der Waals surface area contributed by atoms with Crippen LogP contribution in [-0.2, 0) is 24.0 Å². The number of anilines is 1. The number of H-pyrrole nitrogens is 1. The van der Waals surface area contributed by atoms with E-state index in [2.05, 4.69) is 34.5 Å². The molecule has 1 aliphatic heterocycles. The van der Waals surface area contributed by atoms with Gasteiger partial charge in [-0.15, -0.1) is 0 Å². The number of aromatic nitrogens is 2. The van der Waals surface area contributed by atoms with Crippen LogP contribution in [0.3, 0.4) is 0 Å². The molecule has 31 heavy (non-hydrogen) atoms. The van der Waals surface area contributed by atoms with Crippen molar-refractivity contribution in [3.05, 3.63) is 81.9 Å². The first-order valence-corrected chi connectivity index (χ1v) is 10.5. The number of hydrogen-bond acceptors (Lipinski definition) is 4. The predicted octanol–water partition coefficient (Wildman–Crippen LogP) is 3.17. The number of amides is 1. The summed E-state index contributed by atoms with van der Waals surface area (Å²) in [4.78, 5) is 14.1. The molecule has 3 aromatic rings. The van der Waals surface area contributed by atoms with E-state index in [9.17, 15) is 9.18 Å². The van der Waals surface area contributed by atoms with Gasteiger partial charge in [-0.25, -0.2) is 4.39 Å². The van der Waals surface area contributed by atoms with Crippen molar-refractivity contribution >= 4 is 11.6 Å². The molecule has 6 nitrogen and oxygen atoms in total. The molecule has 1 aromatic heterocycles. The van der Waals surface area contributed by atoms with Crippen LogP contribution in [0, 0.1) is 12.7 Å². The first-order valence-electron chi connectivity index (χ1n) is 10.5. The van der Waals surface area contributed by atoms with Crippen LogP contribution in [0.4, 0.5) is 10.1 Å². The maximum Gasteiger partial charge on any atom is 0.252 e. The van der Waals surface area contributed by atoms with E-state index in [0.29, 0.717) is 61.8 Å². The SMILES string of the molecule is Cc1ccc(CCc2n[nH]c(Cc3ccc(N4CCOCC4)c(F)c3)c2C(N)=O)cc1. The van der Waals surface area contributed by atoms with Gasteiger partial charge in [-0.05, 0) is 43.0 Å². The van der Waals surface area contributed by atoms with E-state index in [-0.39, 0.29) is 5.82 Å².